The number of nitrogens with zero attached hydrogens (tertiary/aromatic N) is 1. The molecule has 0 aliphatic rings. The summed E-state index contributed by atoms with van der Waals surface area (Å²) in [5.74, 6) is -0.500. The van der Waals surface area contributed by atoms with Gasteiger partial charge in [0, 0.05) is 29.5 Å². The van der Waals surface area contributed by atoms with Gasteiger partial charge in [0.15, 0.2) is 0 Å². The van der Waals surface area contributed by atoms with E-state index in [0.717, 1.165) is 16.5 Å². The first-order valence-corrected chi connectivity index (χ1v) is 8.22. The predicted molar refractivity (Wildman–Crippen MR) is 94.0 cm³/mol. The Morgan fingerprint density at radius 2 is 1.74 bits per heavy atom. The van der Waals surface area contributed by atoms with Crippen LogP contribution in [0.25, 0.3) is 0 Å². The van der Waals surface area contributed by atoms with E-state index < -0.39 is 5.91 Å². The molecule has 2 rings (SSSR count). The monoisotopic (exact) mass is 374 g/mol. The molecule has 2 amide bonds. The van der Waals surface area contributed by atoms with Crippen LogP contribution in [0.5, 0.6) is 0 Å². The Morgan fingerprint density at radius 3 is 2.39 bits per heavy atom. The summed E-state index contributed by atoms with van der Waals surface area (Å²) in [6, 6.07) is 17.2. The van der Waals surface area contributed by atoms with Crippen molar-refractivity contribution < 1.29 is 9.59 Å². The second kappa shape index (κ2) is 8.48. The van der Waals surface area contributed by atoms with Gasteiger partial charge in [-0.3, -0.25) is 9.59 Å². The summed E-state index contributed by atoms with van der Waals surface area (Å²) < 4.78 is 0.848. The molecule has 0 saturated carbocycles. The maximum Gasteiger partial charge on any atom is 0.253 e. The Kier molecular flexibility index (Phi) is 6.35. The minimum Gasteiger partial charge on any atom is -0.370 e. The molecule has 0 unspecified atom stereocenters. The van der Waals surface area contributed by atoms with Crippen LogP contribution in [0.1, 0.15) is 22.3 Å². The molecule has 2 aromatic rings. The van der Waals surface area contributed by atoms with Crippen molar-refractivity contribution in [3.05, 3.63) is 70.2 Å². The predicted octanol–water partition coefficient (Wildman–Crippen LogP) is 3.01. The third kappa shape index (κ3) is 5.53. The second-order valence-electron chi connectivity index (χ2n) is 5.25. The minimum absolute atomic E-state index is 0.0940. The van der Waals surface area contributed by atoms with E-state index in [1.54, 1.807) is 17.0 Å². The number of hydrogen-bond acceptors (Lipinski definition) is 2. The number of nitrogens with two attached hydrogens (primary N) is 1. The molecule has 0 fully saturated rings. The van der Waals surface area contributed by atoms with Crippen LogP contribution in [0, 0.1) is 0 Å². The van der Waals surface area contributed by atoms with Gasteiger partial charge in [0.25, 0.3) is 5.91 Å². The fourth-order valence-electron chi connectivity index (χ4n) is 2.27. The van der Waals surface area contributed by atoms with Crippen molar-refractivity contribution in [2.75, 3.05) is 13.1 Å². The SMILES string of the molecule is NC(=O)CCN(CCc1ccccc1)C(=O)c1cccc(Br)c1. The maximum atomic E-state index is 12.7. The summed E-state index contributed by atoms with van der Waals surface area (Å²) in [6.45, 7) is 0.871. The van der Waals surface area contributed by atoms with Gasteiger partial charge in [-0.05, 0) is 30.2 Å². The molecule has 120 valence electrons. The van der Waals surface area contributed by atoms with Crippen LogP contribution in [0.15, 0.2) is 59.1 Å². The van der Waals surface area contributed by atoms with E-state index in [0.29, 0.717) is 18.7 Å². The lowest BCUT2D eigenvalue weighted by Gasteiger charge is -2.22. The zero-order valence-electron chi connectivity index (χ0n) is 12.7. The highest BCUT2D eigenvalue weighted by atomic mass is 79.9. The lowest BCUT2D eigenvalue weighted by molar-refractivity contribution is -0.118. The van der Waals surface area contributed by atoms with Gasteiger partial charge in [0.2, 0.25) is 5.91 Å². The molecular formula is C18H19BrN2O2. The number of hydrogen-bond donors (Lipinski definition) is 1. The van der Waals surface area contributed by atoms with E-state index in [4.69, 9.17) is 5.73 Å². The number of amides is 2. The molecule has 0 radical (unpaired) electrons. The Morgan fingerprint density at radius 1 is 1.00 bits per heavy atom. The number of primary amides is 1. The van der Waals surface area contributed by atoms with Gasteiger partial charge in [0.05, 0.1) is 0 Å². The van der Waals surface area contributed by atoms with Crippen molar-refractivity contribution in [1.82, 2.24) is 4.90 Å². The molecule has 0 aliphatic heterocycles. The summed E-state index contributed by atoms with van der Waals surface area (Å²) >= 11 is 3.37. The quantitative estimate of drug-likeness (QED) is 0.809. The zero-order chi connectivity index (χ0) is 16.7. The molecule has 0 saturated heterocycles. The normalized spacial score (nSPS) is 10.3. The molecule has 0 bridgehead atoms. The summed E-state index contributed by atoms with van der Waals surface area (Å²) in [5.41, 5.74) is 6.97. The molecule has 5 heteroatoms. The molecule has 4 nitrogen and oxygen atoms in total. The van der Waals surface area contributed by atoms with Gasteiger partial charge in [-0.1, -0.05) is 52.3 Å². The van der Waals surface area contributed by atoms with Gasteiger partial charge in [-0.2, -0.15) is 0 Å². The summed E-state index contributed by atoms with van der Waals surface area (Å²) in [7, 11) is 0. The van der Waals surface area contributed by atoms with Crippen LogP contribution in [0.2, 0.25) is 0 Å². The molecule has 2 N–H and O–H groups in total. The average molecular weight is 375 g/mol. The van der Waals surface area contributed by atoms with E-state index in [-0.39, 0.29) is 12.3 Å². The van der Waals surface area contributed by atoms with E-state index in [2.05, 4.69) is 15.9 Å². The Balaban J connectivity index is 2.09. The number of carbonyl (C=O) groups excluding carboxylic acids is 2. The lowest BCUT2D eigenvalue weighted by atomic mass is 10.1. The standard InChI is InChI=1S/C18H19BrN2O2/c19-16-8-4-7-15(13-16)18(23)21(12-10-17(20)22)11-9-14-5-2-1-3-6-14/h1-8,13H,9-12H2,(H2,20,22). The number of halogens is 1. The van der Waals surface area contributed by atoms with E-state index in [9.17, 15) is 9.59 Å². The molecular weight excluding hydrogens is 356 g/mol. The van der Waals surface area contributed by atoms with E-state index in [1.807, 2.05) is 42.5 Å². The first-order chi connectivity index (χ1) is 11.1. The van der Waals surface area contributed by atoms with Crippen molar-refractivity contribution in [2.45, 2.75) is 12.8 Å². The average Bonchev–Trinajstić information content (AvgIpc) is 2.55. The lowest BCUT2D eigenvalue weighted by Crippen LogP contribution is -2.35. The molecule has 2 aromatic carbocycles. The molecule has 0 heterocycles. The Hall–Kier alpha value is -2.14. The van der Waals surface area contributed by atoms with Gasteiger partial charge in [-0.15, -0.1) is 0 Å². The molecule has 0 atom stereocenters. The van der Waals surface area contributed by atoms with Crippen LogP contribution < -0.4 is 5.73 Å². The topological polar surface area (TPSA) is 63.4 Å². The molecule has 0 aromatic heterocycles. The third-order valence-electron chi connectivity index (χ3n) is 3.50. The Labute approximate surface area is 144 Å². The van der Waals surface area contributed by atoms with Crippen LogP contribution in [0.3, 0.4) is 0 Å². The molecule has 0 aliphatic carbocycles. The highest BCUT2D eigenvalue weighted by Gasteiger charge is 2.16. The van der Waals surface area contributed by atoms with Crippen molar-refractivity contribution in [2.24, 2.45) is 5.73 Å². The summed E-state index contributed by atoms with van der Waals surface area (Å²) in [5, 5.41) is 0. The second-order valence-corrected chi connectivity index (χ2v) is 6.17. The van der Waals surface area contributed by atoms with Gasteiger partial charge in [-0.25, -0.2) is 0 Å². The van der Waals surface area contributed by atoms with Crippen molar-refractivity contribution in [3.63, 3.8) is 0 Å². The van der Waals surface area contributed by atoms with E-state index >= 15 is 0 Å². The highest BCUT2D eigenvalue weighted by Crippen LogP contribution is 2.14. The fourth-order valence-corrected chi connectivity index (χ4v) is 2.67. The Bertz CT molecular complexity index is 674. The van der Waals surface area contributed by atoms with Crippen molar-refractivity contribution >= 4 is 27.7 Å². The minimum atomic E-state index is -0.406. The fraction of sp³-hybridized carbons (Fsp3) is 0.222. The summed E-state index contributed by atoms with van der Waals surface area (Å²) in [6.07, 6.45) is 0.897. The van der Waals surface area contributed by atoms with Crippen LogP contribution in [-0.2, 0) is 11.2 Å². The first-order valence-electron chi connectivity index (χ1n) is 7.43. The van der Waals surface area contributed by atoms with E-state index in [1.165, 1.54) is 0 Å². The van der Waals surface area contributed by atoms with Crippen molar-refractivity contribution in [3.8, 4) is 0 Å². The maximum absolute atomic E-state index is 12.7. The first kappa shape index (κ1) is 17.2. The highest BCUT2D eigenvalue weighted by molar-refractivity contribution is 9.10. The van der Waals surface area contributed by atoms with Crippen LogP contribution >= 0.6 is 15.9 Å². The third-order valence-corrected chi connectivity index (χ3v) is 3.99. The molecule has 23 heavy (non-hydrogen) atoms. The van der Waals surface area contributed by atoms with Crippen LogP contribution in [0.4, 0.5) is 0 Å². The smallest absolute Gasteiger partial charge is 0.253 e. The van der Waals surface area contributed by atoms with Gasteiger partial charge in [0.1, 0.15) is 0 Å². The molecule has 0 spiro atoms. The largest absolute Gasteiger partial charge is 0.370 e. The summed E-state index contributed by atoms with van der Waals surface area (Å²) in [4.78, 5) is 25.4. The van der Waals surface area contributed by atoms with Crippen LogP contribution in [-0.4, -0.2) is 29.8 Å². The number of rotatable bonds is 7. The zero-order valence-corrected chi connectivity index (χ0v) is 14.3. The van der Waals surface area contributed by atoms with Gasteiger partial charge >= 0.3 is 0 Å². The van der Waals surface area contributed by atoms with Crippen molar-refractivity contribution in [1.29, 1.82) is 0 Å². The number of benzene rings is 2. The number of carbonyl (C=O) groups is 2. The van der Waals surface area contributed by atoms with Gasteiger partial charge < -0.3 is 10.6 Å².